The first-order valence-electron chi connectivity index (χ1n) is 5.74. The molecule has 2 rings (SSSR count). The standard InChI is InChI=1S/C11H18BrN3S/c1-15-6-2-3-8(7-15)11-14-9(4-5-13)10(12)16-11/h8H,2-7,13H2,1H3. The maximum atomic E-state index is 5.57. The van der Waals surface area contributed by atoms with Gasteiger partial charge in [0.05, 0.1) is 14.5 Å². The first kappa shape index (κ1) is 12.5. The van der Waals surface area contributed by atoms with Crippen LogP contribution in [0.4, 0.5) is 0 Å². The topological polar surface area (TPSA) is 42.2 Å². The molecule has 5 heteroatoms. The molecule has 1 unspecified atom stereocenters. The molecule has 1 saturated heterocycles. The summed E-state index contributed by atoms with van der Waals surface area (Å²) in [6, 6.07) is 0. The lowest BCUT2D eigenvalue weighted by Crippen LogP contribution is -2.30. The van der Waals surface area contributed by atoms with Crippen LogP contribution in [0.5, 0.6) is 0 Å². The molecule has 0 bridgehead atoms. The molecule has 0 aliphatic carbocycles. The van der Waals surface area contributed by atoms with Crippen LogP contribution in [0.3, 0.4) is 0 Å². The summed E-state index contributed by atoms with van der Waals surface area (Å²) >= 11 is 5.37. The molecule has 0 aromatic carbocycles. The van der Waals surface area contributed by atoms with Crippen molar-refractivity contribution in [1.29, 1.82) is 0 Å². The number of halogens is 1. The Morgan fingerprint density at radius 1 is 1.62 bits per heavy atom. The fourth-order valence-corrected chi connectivity index (χ4v) is 3.93. The van der Waals surface area contributed by atoms with Gasteiger partial charge in [-0.1, -0.05) is 0 Å². The van der Waals surface area contributed by atoms with Crippen LogP contribution in [0.1, 0.15) is 29.5 Å². The van der Waals surface area contributed by atoms with Crippen molar-refractivity contribution in [2.75, 3.05) is 26.7 Å². The van der Waals surface area contributed by atoms with Crippen LogP contribution in [0.15, 0.2) is 3.79 Å². The molecule has 0 radical (unpaired) electrons. The molecule has 1 atom stereocenters. The van der Waals surface area contributed by atoms with E-state index in [1.807, 2.05) is 0 Å². The van der Waals surface area contributed by atoms with Gasteiger partial charge in [0.25, 0.3) is 0 Å². The average molecular weight is 304 g/mol. The van der Waals surface area contributed by atoms with Gasteiger partial charge in [-0.25, -0.2) is 4.98 Å². The van der Waals surface area contributed by atoms with Crippen molar-refractivity contribution in [2.45, 2.75) is 25.2 Å². The van der Waals surface area contributed by atoms with E-state index in [2.05, 4.69) is 27.9 Å². The van der Waals surface area contributed by atoms with Gasteiger partial charge in [0.2, 0.25) is 0 Å². The van der Waals surface area contributed by atoms with Gasteiger partial charge in [-0.05, 0) is 48.9 Å². The summed E-state index contributed by atoms with van der Waals surface area (Å²) in [5, 5.41) is 1.28. The number of aromatic nitrogens is 1. The largest absolute Gasteiger partial charge is 0.330 e. The number of rotatable bonds is 3. The molecule has 1 fully saturated rings. The predicted octanol–water partition coefficient (Wildman–Crippen LogP) is 2.22. The van der Waals surface area contributed by atoms with Crippen molar-refractivity contribution in [3.63, 3.8) is 0 Å². The Kier molecular flexibility index (Phi) is 4.35. The van der Waals surface area contributed by atoms with Gasteiger partial charge < -0.3 is 10.6 Å². The monoisotopic (exact) mass is 303 g/mol. The number of likely N-dealkylation sites (N-methyl/N-ethyl adjacent to an activating group) is 1. The second kappa shape index (κ2) is 5.58. The quantitative estimate of drug-likeness (QED) is 0.931. The van der Waals surface area contributed by atoms with E-state index >= 15 is 0 Å². The number of likely N-dealkylation sites (tertiary alicyclic amines) is 1. The number of piperidine rings is 1. The second-order valence-electron chi connectivity index (χ2n) is 4.41. The van der Waals surface area contributed by atoms with E-state index < -0.39 is 0 Å². The van der Waals surface area contributed by atoms with Crippen molar-refractivity contribution in [3.05, 3.63) is 14.5 Å². The first-order valence-corrected chi connectivity index (χ1v) is 7.35. The van der Waals surface area contributed by atoms with Gasteiger partial charge in [0.15, 0.2) is 0 Å². The molecule has 0 saturated carbocycles. The zero-order chi connectivity index (χ0) is 11.5. The minimum atomic E-state index is 0.617. The minimum absolute atomic E-state index is 0.617. The van der Waals surface area contributed by atoms with Crippen molar-refractivity contribution >= 4 is 27.3 Å². The summed E-state index contributed by atoms with van der Waals surface area (Å²) in [6.45, 7) is 3.03. The molecule has 3 nitrogen and oxygen atoms in total. The maximum Gasteiger partial charge on any atom is 0.0983 e. The van der Waals surface area contributed by atoms with Crippen LogP contribution in [-0.2, 0) is 6.42 Å². The molecule has 1 aromatic rings. The van der Waals surface area contributed by atoms with Crippen LogP contribution in [0.25, 0.3) is 0 Å². The van der Waals surface area contributed by atoms with Gasteiger partial charge in [0.1, 0.15) is 0 Å². The lowest BCUT2D eigenvalue weighted by atomic mass is 9.99. The molecule has 0 amide bonds. The molecule has 90 valence electrons. The summed E-state index contributed by atoms with van der Waals surface area (Å²) in [5.41, 5.74) is 6.71. The summed E-state index contributed by atoms with van der Waals surface area (Å²) < 4.78 is 1.17. The van der Waals surface area contributed by atoms with Gasteiger partial charge in [-0.3, -0.25) is 0 Å². The van der Waals surface area contributed by atoms with Crippen LogP contribution in [0.2, 0.25) is 0 Å². The Morgan fingerprint density at radius 2 is 2.44 bits per heavy atom. The Bertz CT molecular complexity index is 353. The lowest BCUT2D eigenvalue weighted by Gasteiger charge is -2.28. The molecule has 0 spiro atoms. The average Bonchev–Trinajstić information content (AvgIpc) is 2.61. The van der Waals surface area contributed by atoms with E-state index in [9.17, 15) is 0 Å². The molecule has 1 aromatic heterocycles. The van der Waals surface area contributed by atoms with Crippen molar-refractivity contribution in [1.82, 2.24) is 9.88 Å². The van der Waals surface area contributed by atoms with Gasteiger partial charge >= 0.3 is 0 Å². The fraction of sp³-hybridized carbons (Fsp3) is 0.727. The molecule has 1 aliphatic rings. The predicted molar refractivity (Wildman–Crippen MR) is 72.0 cm³/mol. The summed E-state index contributed by atoms with van der Waals surface area (Å²) in [6.07, 6.45) is 3.43. The zero-order valence-corrected chi connectivity index (χ0v) is 12.0. The highest BCUT2D eigenvalue weighted by Gasteiger charge is 2.22. The second-order valence-corrected chi connectivity index (χ2v) is 6.76. The Labute approximate surface area is 109 Å². The maximum absolute atomic E-state index is 5.57. The zero-order valence-electron chi connectivity index (χ0n) is 9.58. The molecular formula is C11H18BrN3S. The molecule has 2 heterocycles. The Balaban J connectivity index is 2.10. The van der Waals surface area contributed by atoms with Crippen LogP contribution >= 0.6 is 27.3 Å². The van der Waals surface area contributed by atoms with Crippen LogP contribution < -0.4 is 5.73 Å². The van der Waals surface area contributed by atoms with Crippen molar-refractivity contribution in [3.8, 4) is 0 Å². The van der Waals surface area contributed by atoms with Gasteiger partial charge in [-0.2, -0.15) is 0 Å². The van der Waals surface area contributed by atoms with Gasteiger partial charge in [0, 0.05) is 18.9 Å². The van der Waals surface area contributed by atoms with E-state index in [1.165, 1.54) is 28.2 Å². The number of nitrogens with two attached hydrogens (primary N) is 1. The third kappa shape index (κ3) is 2.83. The molecule has 2 N–H and O–H groups in total. The van der Waals surface area contributed by atoms with E-state index in [4.69, 9.17) is 10.7 Å². The SMILES string of the molecule is CN1CCCC(c2nc(CCN)c(Br)s2)C1. The highest BCUT2D eigenvalue weighted by molar-refractivity contribution is 9.11. The molecular weight excluding hydrogens is 286 g/mol. The van der Waals surface area contributed by atoms with E-state index in [0.717, 1.165) is 18.7 Å². The summed E-state index contributed by atoms with van der Waals surface area (Å²) in [7, 11) is 2.19. The highest BCUT2D eigenvalue weighted by atomic mass is 79.9. The van der Waals surface area contributed by atoms with E-state index in [1.54, 1.807) is 11.3 Å². The number of hydrogen-bond donors (Lipinski definition) is 1. The normalized spacial score (nSPS) is 22.6. The minimum Gasteiger partial charge on any atom is -0.330 e. The van der Waals surface area contributed by atoms with E-state index in [-0.39, 0.29) is 0 Å². The number of hydrogen-bond acceptors (Lipinski definition) is 4. The lowest BCUT2D eigenvalue weighted by molar-refractivity contribution is 0.250. The third-order valence-corrected chi connectivity index (χ3v) is 5.01. The first-order chi connectivity index (χ1) is 7.70. The smallest absolute Gasteiger partial charge is 0.0983 e. The van der Waals surface area contributed by atoms with E-state index in [0.29, 0.717) is 12.5 Å². The molecule has 16 heavy (non-hydrogen) atoms. The Hall–Kier alpha value is 0.0300. The summed E-state index contributed by atoms with van der Waals surface area (Å²) in [5.74, 6) is 0.617. The summed E-state index contributed by atoms with van der Waals surface area (Å²) in [4.78, 5) is 7.12. The van der Waals surface area contributed by atoms with Crippen molar-refractivity contribution < 1.29 is 0 Å². The van der Waals surface area contributed by atoms with Crippen molar-refractivity contribution in [2.24, 2.45) is 5.73 Å². The fourth-order valence-electron chi connectivity index (χ4n) is 2.18. The third-order valence-electron chi connectivity index (χ3n) is 3.02. The van der Waals surface area contributed by atoms with Crippen LogP contribution in [-0.4, -0.2) is 36.6 Å². The molecule has 1 aliphatic heterocycles. The number of thiazole rings is 1. The van der Waals surface area contributed by atoms with Crippen LogP contribution in [0, 0.1) is 0 Å². The Morgan fingerprint density at radius 3 is 3.12 bits per heavy atom. The number of nitrogens with zero attached hydrogens (tertiary/aromatic N) is 2. The van der Waals surface area contributed by atoms with Gasteiger partial charge in [-0.15, -0.1) is 11.3 Å². The highest BCUT2D eigenvalue weighted by Crippen LogP contribution is 2.34.